The van der Waals surface area contributed by atoms with E-state index < -0.39 is 0 Å². The Morgan fingerprint density at radius 2 is 1.65 bits per heavy atom. The number of benzene rings is 2. The van der Waals surface area contributed by atoms with Crippen molar-refractivity contribution < 1.29 is 4.74 Å². The van der Waals surface area contributed by atoms with Crippen molar-refractivity contribution in [2.45, 2.75) is 0 Å². The summed E-state index contributed by atoms with van der Waals surface area (Å²) in [4.78, 5) is 0. The Morgan fingerprint density at radius 3 is 2.29 bits per heavy atom. The van der Waals surface area contributed by atoms with Crippen LogP contribution in [0.2, 0.25) is 10.0 Å². The number of rotatable bonds is 2. The van der Waals surface area contributed by atoms with Crippen LogP contribution in [0.15, 0.2) is 48.5 Å². The Labute approximate surface area is 109 Å². The van der Waals surface area contributed by atoms with Crippen LogP contribution in [0.3, 0.4) is 0 Å². The maximum atomic E-state index is 11.8. The van der Waals surface area contributed by atoms with Gasteiger partial charge in [-0.15, -0.1) is 0 Å². The van der Waals surface area contributed by atoms with E-state index in [1.807, 2.05) is 18.2 Å². The molecule has 17 heavy (non-hydrogen) atoms. The van der Waals surface area contributed by atoms with Crippen LogP contribution < -0.4 is 0 Å². The molecule has 0 aliphatic heterocycles. The van der Waals surface area contributed by atoms with E-state index in [0.717, 1.165) is 4.74 Å². The van der Waals surface area contributed by atoms with Crippen LogP contribution in [0.25, 0.3) is 0 Å². The third-order valence-electron chi connectivity index (χ3n) is 2.22. The van der Waals surface area contributed by atoms with Gasteiger partial charge in [-0.1, -0.05) is 41.4 Å². The molecule has 2 aromatic carbocycles. The smallest absolute Gasteiger partial charge is 0.216 e. The first-order valence-corrected chi connectivity index (χ1v) is 5.74. The largest absolute Gasteiger partial charge is 0.618 e. The fourth-order valence-corrected chi connectivity index (χ4v) is 1.68. The van der Waals surface area contributed by atoms with Crippen molar-refractivity contribution in [2.75, 3.05) is 0 Å². The first kappa shape index (κ1) is 12.0. The molecule has 2 aromatic rings. The van der Waals surface area contributed by atoms with Crippen LogP contribution in [0.5, 0.6) is 0 Å². The first-order valence-electron chi connectivity index (χ1n) is 4.98. The highest BCUT2D eigenvalue weighted by Gasteiger charge is 2.02. The number of halogens is 2. The van der Waals surface area contributed by atoms with E-state index in [0.29, 0.717) is 21.3 Å². The Hall–Kier alpha value is -1.51. The van der Waals surface area contributed by atoms with Gasteiger partial charge in [0.1, 0.15) is 0 Å². The average Bonchev–Trinajstić information content (AvgIpc) is 2.35. The molecule has 0 unspecified atom stereocenters. The number of hydrogen-bond acceptors (Lipinski definition) is 1. The fraction of sp³-hybridized carbons (Fsp3) is 0. The van der Waals surface area contributed by atoms with Crippen molar-refractivity contribution in [2.24, 2.45) is 0 Å². The minimum Gasteiger partial charge on any atom is -0.618 e. The highest BCUT2D eigenvalue weighted by atomic mass is 35.5. The summed E-state index contributed by atoms with van der Waals surface area (Å²) >= 11 is 11.7. The minimum absolute atomic E-state index is 0.432. The summed E-state index contributed by atoms with van der Waals surface area (Å²) in [6.07, 6.45) is 1.46. The van der Waals surface area contributed by atoms with Crippen molar-refractivity contribution in [3.05, 3.63) is 69.3 Å². The maximum absolute atomic E-state index is 11.8. The Morgan fingerprint density at radius 1 is 0.941 bits per heavy atom. The highest BCUT2D eigenvalue weighted by molar-refractivity contribution is 6.42. The predicted molar refractivity (Wildman–Crippen MR) is 71.4 cm³/mol. The molecule has 0 bridgehead atoms. The normalized spacial score (nSPS) is 11.5. The molecular formula is C13H9Cl2NO. The quantitative estimate of drug-likeness (QED) is 0.345. The molecule has 0 spiro atoms. The molecule has 0 saturated heterocycles. The summed E-state index contributed by atoms with van der Waals surface area (Å²) in [6.45, 7) is 0. The molecule has 86 valence electrons. The summed E-state index contributed by atoms with van der Waals surface area (Å²) in [7, 11) is 0. The van der Waals surface area contributed by atoms with Gasteiger partial charge in [0.25, 0.3) is 0 Å². The molecule has 0 amide bonds. The van der Waals surface area contributed by atoms with Crippen LogP contribution >= 0.6 is 23.2 Å². The molecule has 0 atom stereocenters. The van der Waals surface area contributed by atoms with Gasteiger partial charge in [0, 0.05) is 17.7 Å². The maximum Gasteiger partial charge on any atom is 0.216 e. The van der Waals surface area contributed by atoms with E-state index in [1.165, 1.54) is 6.21 Å². The highest BCUT2D eigenvalue weighted by Crippen LogP contribution is 2.22. The lowest BCUT2D eigenvalue weighted by Gasteiger charge is -2.03. The van der Waals surface area contributed by atoms with Gasteiger partial charge in [-0.2, -0.15) is 4.74 Å². The molecule has 0 saturated carbocycles. The fourth-order valence-electron chi connectivity index (χ4n) is 1.38. The number of para-hydroxylation sites is 1. The van der Waals surface area contributed by atoms with Gasteiger partial charge in [0.15, 0.2) is 6.21 Å². The van der Waals surface area contributed by atoms with Gasteiger partial charge < -0.3 is 5.21 Å². The second kappa shape index (κ2) is 5.21. The molecule has 0 aliphatic carbocycles. The predicted octanol–water partition coefficient (Wildman–Crippen LogP) is 4.25. The standard InChI is InChI=1S/C13H9Cl2NO/c14-12-7-6-10(8-13(12)15)9-16(17)11-4-2-1-3-5-11/h1-9H/b16-9-. The summed E-state index contributed by atoms with van der Waals surface area (Å²) in [6, 6.07) is 14.0. The first-order chi connectivity index (χ1) is 8.16. The van der Waals surface area contributed by atoms with Gasteiger partial charge in [-0.05, 0) is 18.2 Å². The van der Waals surface area contributed by atoms with E-state index >= 15 is 0 Å². The monoisotopic (exact) mass is 265 g/mol. The van der Waals surface area contributed by atoms with Gasteiger partial charge in [0.2, 0.25) is 5.69 Å². The Bertz CT molecular complexity index is 553. The molecule has 2 rings (SSSR count). The molecule has 2 nitrogen and oxygen atoms in total. The van der Waals surface area contributed by atoms with E-state index in [2.05, 4.69) is 0 Å². The zero-order valence-corrected chi connectivity index (χ0v) is 10.3. The topological polar surface area (TPSA) is 26.1 Å². The minimum atomic E-state index is 0.432. The van der Waals surface area contributed by atoms with Gasteiger partial charge >= 0.3 is 0 Å². The molecular weight excluding hydrogens is 257 g/mol. The molecule has 4 heteroatoms. The zero-order chi connectivity index (χ0) is 12.3. The lowest BCUT2D eigenvalue weighted by atomic mass is 10.2. The van der Waals surface area contributed by atoms with Crippen LogP contribution in [-0.4, -0.2) is 11.0 Å². The second-order valence-electron chi connectivity index (χ2n) is 3.46. The Kier molecular flexibility index (Phi) is 3.67. The third-order valence-corrected chi connectivity index (χ3v) is 2.96. The lowest BCUT2D eigenvalue weighted by Crippen LogP contribution is -1.98. The third kappa shape index (κ3) is 2.99. The van der Waals surface area contributed by atoms with Gasteiger partial charge in [-0.3, -0.25) is 0 Å². The lowest BCUT2D eigenvalue weighted by molar-refractivity contribution is -0.354. The van der Waals surface area contributed by atoms with Crippen molar-refractivity contribution >= 4 is 35.1 Å². The van der Waals surface area contributed by atoms with Crippen molar-refractivity contribution in [1.29, 1.82) is 0 Å². The Balaban J connectivity index is 2.33. The summed E-state index contributed by atoms with van der Waals surface area (Å²) in [5.41, 5.74) is 1.27. The summed E-state index contributed by atoms with van der Waals surface area (Å²) < 4.78 is 0.791. The van der Waals surface area contributed by atoms with Crippen molar-refractivity contribution in [1.82, 2.24) is 0 Å². The van der Waals surface area contributed by atoms with Crippen molar-refractivity contribution in [3.8, 4) is 0 Å². The van der Waals surface area contributed by atoms with Crippen molar-refractivity contribution in [3.63, 3.8) is 0 Å². The van der Waals surface area contributed by atoms with E-state index in [-0.39, 0.29) is 0 Å². The summed E-state index contributed by atoms with van der Waals surface area (Å²) in [5, 5.41) is 12.7. The SMILES string of the molecule is [O-]/[N+](=C\c1ccc(Cl)c(Cl)c1)c1ccccc1. The molecule has 0 N–H and O–H groups in total. The average molecular weight is 266 g/mol. The van der Waals surface area contributed by atoms with Gasteiger partial charge in [0.05, 0.1) is 10.0 Å². The summed E-state index contributed by atoms with van der Waals surface area (Å²) in [5.74, 6) is 0. The molecule has 0 aliphatic rings. The van der Waals surface area contributed by atoms with Crippen LogP contribution in [0, 0.1) is 5.21 Å². The molecule has 0 aromatic heterocycles. The second-order valence-corrected chi connectivity index (χ2v) is 4.28. The number of hydrogen-bond donors (Lipinski definition) is 0. The van der Waals surface area contributed by atoms with Crippen LogP contribution in [0.4, 0.5) is 5.69 Å². The van der Waals surface area contributed by atoms with E-state index in [9.17, 15) is 5.21 Å². The van der Waals surface area contributed by atoms with Gasteiger partial charge in [-0.25, -0.2) is 0 Å². The molecule has 0 heterocycles. The zero-order valence-electron chi connectivity index (χ0n) is 8.81. The van der Waals surface area contributed by atoms with E-state index in [1.54, 1.807) is 30.3 Å². The molecule has 0 fully saturated rings. The number of nitrogens with zero attached hydrogens (tertiary/aromatic N) is 1. The van der Waals surface area contributed by atoms with Crippen LogP contribution in [0.1, 0.15) is 5.56 Å². The van der Waals surface area contributed by atoms with Crippen LogP contribution in [-0.2, 0) is 0 Å². The molecule has 0 radical (unpaired) electrons. The van der Waals surface area contributed by atoms with E-state index in [4.69, 9.17) is 23.2 Å².